The maximum absolute atomic E-state index is 12.5. The highest BCUT2D eigenvalue weighted by atomic mass is 16.5. The van der Waals surface area contributed by atoms with Gasteiger partial charge in [0.1, 0.15) is 18.0 Å². The van der Waals surface area contributed by atoms with Gasteiger partial charge in [-0.15, -0.1) is 0 Å². The molecule has 9 nitrogen and oxygen atoms in total. The molecule has 0 spiro atoms. The largest absolute Gasteiger partial charge is 0.461 e. The average molecular weight is 523 g/mol. The Kier molecular flexibility index (Phi) is 8.26. The second kappa shape index (κ2) is 11.8. The summed E-state index contributed by atoms with van der Waals surface area (Å²) < 4.78 is 15.0. The quantitative estimate of drug-likeness (QED) is 0.416. The first kappa shape index (κ1) is 26.6. The lowest BCUT2D eigenvalue weighted by Crippen LogP contribution is -2.41. The molecule has 1 unspecified atom stereocenters. The number of aliphatic hydroxyl groups excluding tert-OH is 1. The van der Waals surface area contributed by atoms with E-state index in [0.717, 1.165) is 86.3 Å². The number of carbonyl (C=O) groups excluding carboxylic acids is 1. The fraction of sp³-hybridized carbons (Fsp3) is 0.552. The highest BCUT2D eigenvalue weighted by Crippen LogP contribution is 2.29. The van der Waals surface area contributed by atoms with Crippen LogP contribution in [0.5, 0.6) is 0 Å². The van der Waals surface area contributed by atoms with E-state index in [1.165, 1.54) is 0 Å². The minimum absolute atomic E-state index is 0.0147. The Hall–Kier alpha value is -3.01. The van der Waals surface area contributed by atoms with E-state index in [0.29, 0.717) is 18.0 Å². The van der Waals surface area contributed by atoms with Crippen LogP contribution < -0.4 is 10.9 Å². The molecular formula is C29H38N4O5. The van der Waals surface area contributed by atoms with Crippen LogP contribution in [-0.4, -0.2) is 57.2 Å². The summed E-state index contributed by atoms with van der Waals surface area (Å²) in [5.74, 6) is 0.934. The Bertz CT molecular complexity index is 1310. The number of pyridine rings is 1. The van der Waals surface area contributed by atoms with E-state index in [-0.39, 0.29) is 18.3 Å². The van der Waals surface area contributed by atoms with Gasteiger partial charge >= 0.3 is 5.97 Å². The molecule has 38 heavy (non-hydrogen) atoms. The summed E-state index contributed by atoms with van der Waals surface area (Å²) in [5, 5.41) is 12.9. The van der Waals surface area contributed by atoms with E-state index in [2.05, 4.69) is 16.0 Å². The van der Waals surface area contributed by atoms with Crippen molar-refractivity contribution in [3.63, 3.8) is 0 Å². The van der Waals surface area contributed by atoms with Crippen LogP contribution in [0.4, 0.5) is 0 Å². The van der Waals surface area contributed by atoms with Crippen LogP contribution in [-0.2, 0) is 34.4 Å². The molecule has 2 fully saturated rings. The number of aromatic nitrogens is 3. The molecule has 1 saturated carbocycles. The van der Waals surface area contributed by atoms with Gasteiger partial charge in [0.15, 0.2) is 0 Å². The van der Waals surface area contributed by atoms with Crippen molar-refractivity contribution in [3.05, 3.63) is 51.9 Å². The number of nitrogens with one attached hydrogen (secondary N) is 1. The third-order valence-corrected chi connectivity index (χ3v) is 7.82. The summed E-state index contributed by atoms with van der Waals surface area (Å²) in [4.78, 5) is 29.9. The minimum atomic E-state index is -0.762. The molecule has 1 saturated heterocycles. The van der Waals surface area contributed by atoms with Gasteiger partial charge in [-0.25, -0.2) is 4.98 Å². The predicted octanol–water partition coefficient (Wildman–Crippen LogP) is 3.07. The number of aryl methyl sites for hydroxylation is 2. The highest BCUT2D eigenvalue weighted by Gasteiger charge is 2.25. The fourth-order valence-electron chi connectivity index (χ4n) is 5.59. The molecule has 0 amide bonds. The van der Waals surface area contributed by atoms with Crippen LogP contribution in [0, 0.1) is 12.8 Å². The van der Waals surface area contributed by atoms with Crippen LogP contribution in [0.15, 0.2) is 35.3 Å². The number of fused-ring (bicyclic) bond motifs is 1. The van der Waals surface area contributed by atoms with E-state index in [9.17, 15) is 14.7 Å². The van der Waals surface area contributed by atoms with Gasteiger partial charge in [0, 0.05) is 50.7 Å². The lowest BCUT2D eigenvalue weighted by molar-refractivity contribution is -0.152. The molecule has 1 aliphatic heterocycles. The smallest absolute Gasteiger partial charge is 0.325 e. The molecule has 2 N–H and O–H groups in total. The van der Waals surface area contributed by atoms with Crippen molar-refractivity contribution < 1.29 is 19.4 Å². The summed E-state index contributed by atoms with van der Waals surface area (Å²) in [6, 6.07) is 7.28. The van der Waals surface area contributed by atoms with Crippen LogP contribution >= 0.6 is 0 Å². The molecule has 2 aromatic heterocycles. The van der Waals surface area contributed by atoms with Crippen molar-refractivity contribution in [1.29, 1.82) is 0 Å². The molecule has 1 aromatic carbocycles. The summed E-state index contributed by atoms with van der Waals surface area (Å²) >= 11 is 0. The fourth-order valence-corrected chi connectivity index (χ4v) is 5.59. The molecule has 204 valence electrons. The van der Waals surface area contributed by atoms with Crippen molar-refractivity contribution >= 4 is 17.0 Å². The maximum Gasteiger partial charge on any atom is 0.325 e. The van der Waals surface area contributed by atoms with Gasteiger partial charge in [-0.1, -0.05) is 6.07 Å². The van der Waals surface area contributed by atoms with Gasteiger partial charge in [0.05, 0.1) is 17.6 Å². The molecule has 3 heterocycles. The first-order valence-corrected chi connectivity index (χ1v) is 13.7. The maximum atomic E-state index is 12.5. The van der Waals surface area contributed by atoms with Crippen LogP contribution in [0.3, 0.4) is 0 Å². The number of imidazole rings is 1. The Labute approximate surface area is 222 Å². The summed E-state index contributed by atoms with van der Waals surface area (Å²) in [7, 11) is 1.77. The molecule has 0 bridgehead atoms. The van der Waals surface area contributed by atoms with Crippen molar-refractivity contribution in [1.82, 2.24) is 19.4 Å². The van der Waals surface area contributed by atoms with Crippen LogP contribution in [0.25, 0.3) is 22.4 Å². The number of aliphatic hydroxyl groups is 1. The number of benzene rings is 1. The number of ether oxygens (including phenoxy) is 2. The molecule has 3 aromatic rings. The van der Waals surface area contributed by atoms with Gasteiger partial charge < -0.3 is 23.7 Å². The summed E-state index contributed by atoms with van der Waals surface area (Å²) in [5.41, 5.74) is 4.41. The second-order valence-electron chi connectivity index (χ2n) is 10.7. The summed E-state index contributed by atoms with van der Waals surface area (Å²) in [6.07, 6.45) is 7.78. The number of hydrogen-bond acceptors (Lipinski definition) is 7. The van der Waals surface area contributed by atoms with Gasteiger partial charge in [-0.2, -0.15) is 0 Å². The van der Waals surface area contributed by atoms with Gasteiger partial charge in [0.25, 0.3) is 5.56 Å². The number of esters is 1. The first-order chi connectivity index (χ1) is 18.4. The predicted molar refractivity (Wildman–Crippen MR) is 145 cm³/mol. The number of rotatable bonds is 9. The normalized spacial score (nSPS) is 17.8. The van der Waals surface area contributed by atoms with Gasteiger partial charge in [0.2, 0.25) is 0 Å². The zero-order valence-electron chi connectivity index (χ0n) is 22.3. The number of hydrogen-bond donors (Lipinski definition) is 2. The van der Waals surface area contributed by atoms with E-state index >= 15 is 0 Å². The lowest BCUT2D eigenvalue weighted by Gasteiger charge is -2.23. The SMILES string of the molecule is Cc1cc(-c2nc3cc(CNC(CO)C(=O)OC4CCCC4)ccc3n2CC2CCOCC2)cn(C)c1=O. The van der Waals surface area contributed by atoms with Crippen molar-refractivity contribution in [2.45, 2.75) is 70.7 Å². The zero-order valence-corrected chi connectivity index (χ0v) is 22.3. The minimum Gasteiger partial charge on any atom is -0.461 e. The Morgan fingerprint density at radius 2 is 1.97 bits per heavy atom. The Morgan fingerprint density at radius 3 is 2.68 bits per heavy atom. The molecule has 2 aliphatic rings. The van der Waals surface area contributed by atoms with Gasteiger partial charge in [-0.05, 0) is 75.1 Å². The van der Waals surface area contributed by atoms with E-state index in [1.54, 1.807) is 11.6 Å². The number of nitrogens with zero attached hydrogens (tertiary/aromatic N) is 3. The highest BCUT2D eigenvalue weighted by molar-refractivity contribution is 5.81. The van der Waals surface area contributed by atoms with Crippen molar-refractivity contribution in [3.8, 4) is 11.4 Å². The molecule has 5 rings (SSSR count). The monoisotopic (exact) mass is 522 g/mol. The van der Waals surface area contributed by atoms with Gasteiger partial charge in [-0.3, -0.25) is 14.9 Å². The Morgan fingerprint density at radius 1 is 1.21 bits per heavy atom. The van der Waals surface area contributed by atoms with E-state index in [1.807, 2.05) is 31.3 Å². The van der Waals surface area contributed by atoms with E-state index < -0.39 is 12.0 Å². The molecule has 1 aliphatic carbocycles. The van der Waals surface area contributed by atoms with E-state index in [4.69, 9.17) is 14.5 Å². The lowest BCUT2D eigenvalue weighted by atomic mass is 10.00. The first-order valence-electron chi connectivity index (χ1n) is 13.7. The average Bonchev–Trinajstić information content (AvgIpc) is 3.55. The summed E-state index contributed by atoms with van der Waals surface area (Å²) in [6.45, 7) is 4.30. The Balaban J connectivity index is 1.40. The zero-order chi connectivity index (χ0) is 26.6. The molecule has 1 atom stereocenters. The molecule has 9 heteroatoms. The second-order valence-corrected chi connectivity index (χ2v) is 10.7. The van der Waals surface area contributed by atoms with Crippen molar-refractivity contribution in [2.24, 2.45) is 13.0 Å². The van der Waals surface area contributed by atoms with Crippen molar-refractivity contribution in [2.75, 3.05) is 19.8 Å². The molecular weight excluding hydrogens is 484 g/mol. The van der Waals surface area contributed by atoms with Crippen LogP contribution in [0.2, 0.25) is 0 Å². The standard InChI is InChI=1S/C29H38N4O5/c1-19-13-22(17-32(2)28(19)35)27-31-24-14-21(7-8-26(24)33(27)16-20-9-11-37-12-10-20)15-30-25(18-34)29(36)38-23-5-3-4-6-23/h7-8,13-14,17,20,23,25,30,34H,3-6,9-12,15-16,18H2,1-2H3. The molecule has 0 radical (unpaired) electrons. The third kappa shape index (κ3) is 5.85. The topological polar surface area (TPSA) is 108 Å². The number of carbonyl (C=O) groups is 1. The van der Waals surface area contributed by atoms with Crippen LogP contribution in [0.1, 0.15) is 49.7 Å². The third-order valence-electron chi connectivity index (χ3n) is 7.82.